The monoisotopic (exact) mass is 254 g/mol. The zero-order valence-electron chi connectivity index (χ0n) is 10.0. The average Bonchev–Trinajstić information content (AvgIpc) is 2.42. The highest BCUT2D eigenvalue weighted by Gasteiger charge is 2.31. The molecule has 102 valence electrons. The molecule has 0 saturated carbocycles. The van der Waals surface area contributed by atoms with Gasteiger partial charge in [0, 0.05) is 19.7 Å². The standard InChI is InChI=1S/C11H21F3N2O/c12-11(13,14)10-16-6-3-5-15(7-8-16)4-1-2-9-17/h17H,1-10H2. The van der Waals surface area contributed by atoms with Gasteiger partial charge < -0.3 is 10.0 Å². The van der Waals surface area contributed by atoms with E-state index < -0.39 is 12.7 Å². The lowest BCUT2D eigenvalue weighted by Gasteiger charge is -2.22. The third-order valence-electron chi connectivity index (χ3n) is 2.97. The van der Waals surface area contributed by atoms with Crippen molar-refractivity contribution in [1.82, 2.24) is 9.80 Å². The van der Waals surface area contributed by atoms with Gasteiger partial charge in [0.05, 0.1) is 6.54 Å². The molecule has 0 spiro atoms. The lowest BCUT2D eigenvalue weighted by molar-refractivity contribution is -0.145. The topological polar surface area (TPSA) is 26.7 Å². The summed E-state index contributed by atoms with van der Waals surface area (Å²) >= 11 is 0. The number of alkyl halides is 3. The molecule has 0 unspecified atom stereocenters. The predicted molar refractivity (Wildman–Crippen MR) is 59.9 cm³/mol. The van der Waals surface area contributed by atoms with Crippen molar-refractivity contribution in [3.63, 3.8) is 0 Å². The quantitative estimate of drug-likeness (QED) is 0.750. The molecule has 0 radical (unpaired) electrons. The molecular weight excluding hydrogens is 233 g/mol. The Morgan fingerprint density at radius 2 is 1.59 bits per heavy atom. The summed E-state index contributed by atoms with van der Waals surface area (Å²) < 4.78 is 36.7. The number of aliphatic hydroxyl groups is 1. The first-order valence-corrected chi connectivity index (χ1v) is 6.13. The van der Waals surface area contributed by atoms with Gasteiger partial charge in [0.2, 0.25) is 0 Å². The molecule has 1 heterocycles. The second-order valence-corrected chi connectivity index (χ2v) is 4.52. The van der Waals surface area contributed by atoms with E-state index in [0.29, 0.717) is 19.6 Å². The molecule has 17 heavy (non-hydrogen) atoms. The maximum atomic E-state index is 12.2. The first kappa shape index (κ1) is 14.7. The van der Waals surface area contributed by atoms with Crippen LogP contribution in [-0.4, -0.2) is 67.0 Å². The maximum Gasteiger partial charge on any atom is 0.401 e. The van der Waals surface area contributed by atoms with Crippen LogP contribution >= 0.6 is 0 Å². The third-order valence-corrected chi connectivity index (χ3v) is 2.97. The van der Waals surface area contributed by atoms with Crippen LogP contribution in [0.1, 0.15) is 19.3 Å². The number of aliphatic hydroxyl groups excluding tert-OH is 1. The molecule has 0 aromatic heterocycles. The zero-order chi connectivity index (χ0) is 12.7. The number of halogens is 3. The Kier molecular flexibility index (Phi) is 6.22. The molecule has 1 saturated heterocycles. The Morgan fingerprint density at radius 1 is 0.941 bits per heavy atom. The number of unbranched alkanes of at least 4 members (excludes halogenated alkanes) is 1. The molecule has 1 aliphatic heterocycles. The molecule has 0 atom stereocenters. The molecule has 0 amide bonds. The first-order valence-electron chi connectivity index (χ1n) is 6.13. The van der Waals surface area contributed by atoms with Gasteiger partial charge in [0.1, 0.15) is 0 Å². The maximum absolute atomic E-state index is 12.2. The molecule has 0 aliphatic carbocycles. The van der Waals surface area contributed by atoms with Crippen molar-refractivity contribution in [1.29, 1.82) is 0 Å². The summed E-state index contributed by atoms with van der Waals surface area (Å²) in [6, 6.07) is 0. The van der Waals surface area contributed by atoms with E-state index in [1.807, 2.05) is 0 Å². The van der Waals surface area contributed by atoms with Gasteiger partial charge in [-0.2, -0.15) is 13.2 Å². The Labute approximate surface area is 100 Å². The second-order valence-electron chi connectivity index (χ2n) is 4.52. The molecule has 0 aromatic carbocycles. The van der Waals surface area contributed by atoms with E-state index in [0.717, 1.165) is 32.4 Å². The molecular formula is C11H21F3N2O. The Balaban J connectivity index is 2.24. The van der Waals surface area contributed by atoms with Gasteiger partial charge in [-0.05, 0) is 38.9 Å². The van der Waals surface area contributed by atoms with Crippen LogP contribution in [0.4, 0.5) is 13.2 Å². The summed E-state index contributed by atoms with van der Waals surface area (Å²) in [5.74, 6) is 0. The normalized spacial score (nSPS) is 20.5. The minimum atomic E-state index is -4.09. The summed E-state index contributed by atoms with van der Waals surface area (Å²) in [5, 5.41) is 8.67. The molecule has 1 rings (SSSR count). The molecule has 0 aromatic rings. The fourth-order valence-electron chi connectivity index (χ4n) is 2.11. The smallest absolute Gasteiger partial charge is 0.396 e. The van der Waals surface area contributed by atoms with Crippen LogP contribution in [0.2, 0.25) is 0 Å². The van der Waals surface area contributed by atoms with Crippen LogP contribution in [0.5, 0.6) is 0 Å². The number of hydrogen-bond acceptors (Lipinski definition) is 3. The van der Waals surface area contributed by atoms with Crippen molar-refractivity contribution in [3.05, 3.63) is 0 Å². The third kappa shape index (κ3) is 6.85. The van der Waals surface area contributed by atoms with E-state index in [-0.39, 0.29) is 6.61 Å². The van der Waals surface area contributed by atoms with E-state index in [1.165, 1.54) is 4.90 Å². The van der Waals surface area contributed by atoms with Crippen molar-refractivity contribution in [2.24, 2.45) is 0 Å². The van der Waals surface area contributed by atoms with Gasteiger partial charge in [-0.15, -0.1) is 0 Å². The van der Waals surface area contributed by atoms with E-state index in [1.54, 1.807) is 0 Å². The van der Waals surface area contributed by atoms with Crippen molar-refractivity contribution in [2.75, 3.05) is 45.9 Å². The van der Waals surface area contributed by atoms with E-state index >= 15 is 0 Å². The summed E-state index contributed by atoms with van der Waals surface area (Å²) in [5.41, 5.74) is 0. The van der Waals surface area contributed by atoms with Gasteiger partial charge in [-0.25, -0.2) is 0 Å². The summed E-state index contributed by atoms with van der Waals surface area (Å²) in [7, 11) is 0. The molecule has 1 fully saturated rings. The largest absolute Gasteiger partial charge is 0.401 e. The highest BCUT2D eigenvalue weighted by molar-refractivity contribution is 4.71. The highest BCUT2D eigenvalue weighted by atomic mass is 19.4. The predicted octanol–water partition coefficient (Wildman–Crippen LogP) is 1.33. The minimum Gasteiger partial charge on any atom is -0.396 e. The van der Waals surface area contributed by atoms with Crippen LogP contribution in [-0.2, 0) is 0 Å². The molecule has 0 bridgehead atoms. The Bertz CT molecular complexity index is 211. The van der Waals surface area contributed by atoms with Crippen LogP contribution in [0.15, 0.2) is 0 Å². The zero-order valence-corrected chi connectivity index (χ0v) is 10.0. The molecule has 3 nitrogen and oxygen atoms in total. The van der Waals surface area contributed by atoms with Crippen LogP contribution in [0.25, 0.3) is 0 Å². The average molecular weight is 254 g/mol. The molecule has 6 heteroatoms. The van der Waals surface area contributed by atoms with Crippen LogP contribution < -0.4 is 0 Å². The lowest BCUT2D eigenvalue weighted by Crippen LogP contribution is -2.37. The van der Waals surface area contributed by atoms with Gasteiger partial charge in [0.25, 0.3) is 0 Å². The van der Waals surface area contributed by atoms with Crippen LogP contribution in [0.3, 0.4) is 0 Å². The van der Waals surface area contributed by atoms with Gasteiger partial charge in [-0.3, -0.25) is 4.90 Å². The van der Waals surface area contributed by atoms with E-state index in [2.05, 4.69) is 4.90 Å². The fraction of sp³-hybridized carbons (Fsp3) is 1.00. The highest BCUT2D eigenvalue weighted by Crippen LogP contribution is 2.17. The number of hydrogen-bond donors (Lipinski definition) is 1. The summed E-state index contributed by atoms with van der Waals surface area (Å²) in [6.45, 7) is 2.84. The fourth-order valence-corrected chi connectivity index (χ4v) is 2.11. The Morgan fingerprint density at radius 3 is 2.24 bits per heavy atom. The number of nitrogens with zero attached hydrogens (tertiary/aromatic N) is 2. The second kappa shape index (κ2) is 7.18. The van der Waals surface area contributed by atoms with Gasteiger partial charge >= 0.3 is 6.18 Å². The minimum absolute atomic E-state index is 0.189. The summed E-state index contributed by atoms with van der Waals surface area (Å²) in [4.78, 5) is 3.66. The van der Waals surface area contributed by atoms with Crippen molar-refractivity contribution < 1.29 is 18.3 Å². The first-order chi connectivity index (χ1) is 8.01. The Hall–Kier alpha value is -0.330. The van der Waals surface area contributed by atoms with Crippen molar-refractivity contribution in [2.45, 2.75) is 25.4 Å². The van der Waals surface area contributed by atoms with Crippen molar-refractivity contribution in [3.8, 4) is 0 Å². The number of rotatable bonds is 5. The van der Waals surface area contributed by atoms with E-state index in [9.17, 15) is 13.2 Å². The lowest BCUT2D eigenvalue weighted by atomic mass is 10.3. The SMILES string of the molecule is OCCCCN1CCCN(CC(F)(F)F)CC1. The molecule has 1 aliphatic rings. The van der Waals surface area contributed by atoms with Gasteiger partial charge in [0.15, 0.2) is 0 Å². The van der Waals surface area contributed by atoms with Crippen LogP contribution in [0, 0.1) is 0 Å². The van der Waals surface area contributed by atoms with Gasteiger partial charge in [-0.1, -0.05) is 0 Å². The summed E-state index contributed by atoms with van der Waals surface area (Å²) in [6.07, 6.45) is -1.63. The van der Waals surface area contributed by atoms with Crippen molar-refractivity contribution >= 4 is 0 Å². The van der Waals surface area contributed by atoms with E-state index in [4.69, 9.17) is 5.11 Å². The molecule has 1 N–H and O–H groups in total.